The van der Waals surface area contributed by atoms with Gasteiger partial charge in [0.1, 0.15) is 11.6 Å². The highest BCUT2D eigenvalue weighted by atomic mass is 35.5. The summed E-state index contributed by atoms with van der Waals surface area (Å²) in [4.78, 5) is 7.41. The molecule has 0 amide bonds. The number of hydrogen-bond acceptors (Lipinski definition) is 3. The fourth-order valence-corrected chi connectivity index (χ4v) is 3.22. The lowest BCUT2D eigenvalue weighted by molar-refractivity contribution is -0.361. The average Bonchev–Trinajstić information content (AvgIpc) is 2.91. The van der Waals surface area contributed by atoms with Crippen molar-refractivity contribution in [2.75, 3.05) is 30.4 Å². The van der Waals surface area contributed by atoms with Crippen LogP contribution in [0.15, 0.2) is 30.3 Å². The fraction of sp³-hybridized carbons (Fsp3) is 0.294. The van der Waals surface area contributed by atoms with Crippen molar-refractivity contribution < 1.29 is 4.98 Å². The molecule has 1 N–H and O–H groups in total. The summed E-state index contributed by atoms with van der Waals surface area (Å²) in [6.45, 7) is 1.68. The normalized spacial score (nSPS) is 12.9. The molecule has 0 bridgehead atoms. The molecular formula is C17H18ClN4+. The Labute approximate surface area is 135 Å². The SMILES string of the molecule is CN(C)c1[nH+]c(Cl)c(C#N)c2c1CCN2Cc1ccccc1. The van der Waals surface area contributed by atoms with Crippen molar-refractivity contribution in [2.45, 2.75) is 13.0 Å². The molecule has 22 heavy (non-hydrogen) atoms. The predicted molar refractivity (Wildman–Crippen MR) is 88.2 cm³/mol. The molecule has 0 unspecified atom stereocenters. The minimum absolute atomic E-state index is 0.407. The molecule has 5 heteroatoms. The number of nitriles is 1. The molecule has 0 saturated heterocycles. The molecule has 0 radical (unpaired) electrons. The van der Waals surface area contributed by atoms with E-state index in [4.69, 9.17) is 11.6 Å². The summed E-state index contributed by atoms with van der Waals surface area (Å²) in [5, 5.41) is 9.91. The summed E-state index contributed by atoms with van der Waals surface area (Å²) in [6.07, 6.45) is 0.915. The van der Waals surface area contributed by atoms with Gasteiger partial charge in [0.2, 0.25) is 5.15 Å². The van der Waals surface area contributed by atoms with Gasteiger partial charge in [-0.1, -0.05) is 30.3 Å². The third-order valence-electron chi connectivity index (χ3n) is 3.98. The number of pyridine rings is 1. The van der Waals surface area contributed by atoms with Gasteiger partial charge in [-0.2, -0.15) is 5.26 Å². The second-order valence-electron chi connectivity index (χ2n) is 5.65. The molecule has 2 heterocycles. The highest BCUT2D eigenvalue weighted by Gasteiger charge is 2.32. The maximum absolute atomic E-state index is 9.50. The molecule has 1 aromatic carbocycles. The van der Waals surface area contributed by atoms with Crippen LogP contribution in [0, 0.1) is 11.3 Å². The standard InChI is InChI=1S/C17H17ClN4/c1-21(2)17-13-8-9-22(11-12-6-4-3-5-7-12)15(13)14(10-19)16(18)20-17/h3-7H,8-9,11H2,1-2H3/p+1. The van der Waals surface area contributed by atoms with E-state index in [2.05, 4.69) is 28.1 Å². The van der Waals surface area contributed by atoms with E-state index >= 15 is 0 Å². The minimum Gasteiger partial charge on any atom is -0.365 e. The first-order chi connectivity index (χ1) is 10.6. The fourth-order valence-electron chi connectivity index (χ4n) is 3.00. The molecular weight excluding hydrogens is 296 g/mol. The summed E-state index contributed by atoms with van der Waals surface area (Å²) in [5.74, 6) is 0.981. The van der Waals surface area contributed by atoms with Crippen LogP contribution in [0.2, 0.25) is 5.15 Å². The number of nitrogens with zero attached hydrogens (tertiary/aromatic N) is 3. The molecule has 0 aliphatic carbocycles. The third kappa shape index (κ3) is 2.49. The Kier molecular flexibility index (Phi) is 3.91. The van der Waals surface area contributed by atoms with Crippen LogP contribution in [0.1, 0.15) is 16.7 Å². The summed E-state index contributed by atoms with van der Waals surface area (Å²) in [5.41, 5.74) is 3.91. The van der Waals surface area contributed by atoms with Crippen molar-refractivity contribution in [2.24, 2.45) is 0 Å². The number of H-pyrrole nitrogens is 1. The van der Waals surface area contributed by atoms with E-state index < -0.39 is 0 Å². The van der Waals surface area contributed by atoms with Crippen molar-refractivity contribution in [1.82, 2.24) is 0 Å². The van der Waals surface area contributed by atoms with Gasteiger partial charge in [0.05, 0.1) is 25.3 Å². The second-order valence-corrected chi connectivity index (χ2v) is 6.03. The Bertz CT molecular complexity index is 735. The first kappa shape index (κ1) is 14.7. The molecule has 1 aromatic heterocycles. The molecule has 112 valence electrons. The molecule has 0 saturated carbocycles. The van der Waals surface area contributed by atoms with Crippen molar-refractivity contribution >= 4 is 23.1 Å². The van der Waals surface area contributed by atoms with Gasteiger partial charge in [-0.3, -0.25) is 4.90 Å². The summed E-state index contributed by atoms with van der Waals surface area (Å²) in [7, 11) is 3.96. The lowest BCUT2D eigenvalue weighted by Crippen LogP contribution is -2.25. The topological polar surface area (TPSA) is 44.4 Å². The Balaban J connectivity index is 2.07. The van der Waals surface area contributed by atoms with Gasteiger partial charge in [0.25, 0.3) is 5.82 Å². The first-order valence-corrected chi connectivity index (χ1v) is 7.63. The molecule has 1 aliphatic heterocycles. The predicted octanol–water partition coefficient (Wildman–Crippen LogP) is 2.65. The monoisotopic (exact) mass is 313 g/mol. The van der Waals surface area contributed by atoms with Crippen molar-refractivity contribution in [3.63, 3.8) is 0 Å². The summed E-state index contributed by atoms with van der Waals surface area (Å²) < 4.78 is 0. The van der Waals surface area contributed by atoms with Gasteiger partial charge in [-0.25, -0.2) is 4.98 Å². The number of anilines is 2. The average molecular weight is 314 g/mol. The third-order valence-corrected chi connectivity index (χ3v) is 4.26. The Hall–Kier alpha value is -2.25. The summed E-state index contributed by atoms with van der Waals surface area (Å²) >= 11 is 6.29. The number of aromatic amines is 1. The highest BCUT2D eigenvalue weighted by molar-refractivity contribution is 6.30. The zero-order chi connectivity index (χ0) is 15.7. The van der Waals surface area contributed by atoms with Crippen LogP contribution in [-0.2, 0) is 13.0 Å². The quantitative estimate of drug-likeness (QED) is 0.818. The highest BCUT2D eigenvalue weighted by Crippen LogP contribution is 2.38. The molecule has 2 aromatic rings. The van der Waals surface area contributed by atoms with Gasteiger partial charge in [0, 0.05) is 19.5 Å². The lowest BCUT2D eigenvalue weighted by atomic mass is 10.1. The number of halogens is 1. The van der Waals surface area contributed by atoms with Crippen LogP contribution >= 0.6 is 11.6 Å². The Morgan fingerprint density at radius 3 is 2.68 bits per heavy atom. The zero-order valence-electron chi connectivity index (χ0n) is 12.7. The van der Waals surface area contributed by atoms with Gasteiger partial charge in [-0.15, -0.1) is 0 Å². The largest absolute Gasteiger partial charge is 0.365 e. The Morgan fingerprint density at radius 1 is 1.32 bits per heavy atom. The van der Waals surface area contributed by atoms with Crippen molar-refractivity contribution in [3.05, 3.63) is 52.2 Å². The van der Waals surface area contributed by atoms with Crippen molar-refractivity contribution in [3.8, 4) is 6.07 Å². The zero-order valence-corrected chi connectivity index (χ0v) is 13.5. The molecule has 0 fully saturated rings. The van der Waals surface area contributed by atoms with Crippen LogP contribution in [0.25, 0.3) is 0 Å². The number of benzene rings is 1. The maximum atomic E-state index is 9.50. The van der Waals surface area contributed by atoms with Crippen LogP contribution in [0.4, 0.5) is 11.5 Å². The number of hydrogen-bond donors (Lipinski definition) is 0. The van der Waals surface area contributed by atoms with E-state index in [1.54, 1.807) is 0 Å². The molecule has 3 rings (SSSR count). The lowest BCUT2D eigenvalue weighted by Gasteiger charge is -2.21. The molecule has 0 atom stereocenters. The molecule has 0 spiro atoms. The van der Waals surface area contributed by atoms with Gasteiger partial charge < -0.3 is 4.90 Å². The Morgan fingerprint density at radius 2 is 2.05 bits per heavy atom. The van der Waals surface area contributed by atoms with E-state index in [1.165, 1.54) is 11.1 Å². The van der Waals surface area contributed by atoms with Gasteiger partial charge >= 0.3 is 0 Å². The van der Waals surface area contributed by atoms with Crippen LogP contribution < -0.4 is 14.8 Å². The van der Waals surface area contributed by atoms with E-state index in [0.29, 0.717) is 10.7 Å². The van der Waals surface area contributed by atoms with E-state index in [0.717, 1.165) is 31.0 Å². The van der Waals surface area contributed by atoms with E-state index in [-0.39, 0.29) is 0 Å². The molecule has 1 aliphatic rings. The van der Waals surface area contributed by atoms with E-state index in [1.807, 2.05) is 37.2 Å². The number of rotatable bonds is 3. The number of nitrogens with one attached hydrogen (secondary N) is 1. The van der Waals surface area contributed by atoms with Crippen LogP contribution in [0.5, 0.6) is 0 Å². The van der Waals surface area contributed by atoms with E-state index in [9.17, 15) is 5.26 Å². The first-order valence-electron chi connectivity index (χ1n) is 7.25. The van der Waals surface area contributed by atoms with Crippen LogP contribution in [0.3, 0.4) is 0 Å². The minimum atomic E-state index is 0.407. The number of aromatic nitrogens is 1. The summed E-state index contributed by atoms with van der Waals surface area (Å²) in [6, 6.07) is 12.5. The van der Waals surface area contributed by atoms with Gasteiger partial charge in [0.15, 0.2) is 0 Å². The number of fused-ring (bicyclic) bond motifs is 1. The molecule has 4 nitrogen and oxygen atoms in total. The van der Waals surface area contributed by atoms with Gasteiger partial charge in [-0.05, 0) is 17.2 Å². The maximum Gasteiger partial charge on any atom is 0.280 e. The second kappa shape index (κ2) is 5.86. The van der Waals surface area contributed by atoms with Crippen LogP contribution in [-0.4, -0.2) is 20.6 Å². The van der Waals surface area contributed by atoms with Crippen molar-refractivity contribution in [1.29, 1.82) is 5.26 Å². The smallest absolute Gasteiger partial charge is 0.280 e.